The number of fused-ring (bicyclic) bond motifs is 1. The van der Waals surface area contributed by atoms with Gasteiger partial charge < -0.3 is 14.7 Å². The number of hydrogen-bond donors (Lipinski definition) is 1. The van der Waals surface area contributed by atoms with Gasteiger partial charge in [0.1, 0.15) is 0 Å². The highest BCUT2D eigenvalue weighted by Gasteiger charge is 2.28. The zero-order chi connectivity index (χ0) is 13.0. The molecular formula is C14H19NO3. The monoisotopic (exact) mass is 249 g/mol. The minimum Gasteiger partial charge on any atom is -0.481 e. The molecule has 0 amide bonds. The summed E-state index contributed by atoms with van der Waals surface area (Å²) in [4.78, 5) is 13.4. The van der Waals surface area contributed by atoms with Crippen molar-refractivity contribution >= 4 is 11.7 Å². The molecule has 1 aliphatic heterocycles. The number of aliphatic carboxylic acids is 1. The Labute approximate surface area is 107 Å². The average molecular weight is 249 g/mol. The third kappa shape index (κ3) is 2.82. The molecule has 1 atom stereocenters. The van der Waals surface area contributed by atoms with Gasteiger partial charge in [-0.05, 0) is 24.5 Å². The first-order chi connectivity index (χ1) is 8.72. The number of carboxylic acids is 1. The van der Waals surface area contributed by atoms with E-state index in [0.29, 0.717) is 19.6 Å². The maximum atomic E-state index is 11.2. The number of nitrogens with zero attached hydrogens (tertiary/aromatic N) is 1. The fourth-order valence-electron chi connectivity index (χ4n) is 2.46. The summed E-state index contributed by atoms with van der Waals surface area (Å²) in [6.07, 6.45) is 1.55. The molecule has 1 aromatic rings. The number of para-hydroxylation sites is 1. The molecule has 0 aliphatic carbocycles. The van der Waals surface area contributed by atoms with E-state index in [9.17, 15) is 9.90 Å². The van der Waals surface area contributed by atoms with Gasteiger partial charge in [0.2, 0.25) is 0 Å². The summed E-state index contributed by atoms with van der Waals surface area (Å²) in [7, 11) is 1.68. The molecule has 0 bridgehead atoms. The smallest absolute Gasteiger partial charge is 0.308 e. The average Bonchev–Trinajstić information content (AvgIpc) is 2.38. The number of carbonyl (C=O) groups is 1. The first kappa shape index (κ1) is 12.9. The van der Waals surface area contributed by atoms with E-state index < -0.39 is 5.97 Å². The van der Waals surface area contributed by atoms with Gasteiger partial charge >= 0.3 is 5.97 Å². The summed E-state index contributed by atoms with van der Waals surface area (Å²) in [6, 6.07) is 8.06. The third-order valence-electron chi connectivity index (χ3n) is 3.37. The van der Waals surface area contributed by atoms with Gasteiger partial charge in [-0.2, -0.15) is 0 Å². The van der Waals surface area contributed by atoms with Crippen molar-refractivity contribution in [2.24, 2.45) is 5.92 Å². The SMILES string of the molecule is COCCCN1C[C@@H](C(=O)O)Cc2ccccc21. The molecule has 0 aromatic heterocycles. The lowest BCUT2D eigenvalue weighted by Crippen LogP contribution is -2.39. The lowest BCUT2D eigenvalue weighted by atomic mass is 9.92. The zero-order valence-corrected chi connectivity index (χ0v) is 10.6. The van der Waals surface area contributed by atoms with Gasteiger partial charge in [0, 0.05) is 32.5 Å². The van der Waals surface area contributed by atoms with Crippen molar-refractivity contribution < 1.29 is 14.6 Å². The Hall–Kier alpha value is -1.55. The number of carboxylic acid groups (broad SMARTS) is 1. The number of methoxy groups -OCH3 is 1. The van der Waals surface area contributed by atoms with E-state index in [1.54, 1.807) is 7.11 Å². The first-order valence-corrected chi connectivity index (χ1v) is 6.27. The number of hydrogen-bond acceptors (Lipinski definition) is 3. The predicted octanol–water partition coefficient (Wildman–Crippen LogP) is 1.79. The molecule has 0 saturated heterocycles. The largest absolute Gasteiger partial charge is 0.481 e. The molecule has 1 N–H and O–H groups in total. The minimum absolute atomic E-state index is 0.303. The van der Waals surface area contributed by atoms with Crippen LogP contribution in [0.25, 0.3) is 0 Å². The van der Waals surface area contributed by atoms with Crippen LogP contribution < -0.4 is 4.90 Å². The Morgan fingerprint density at radius 1 is 1.50 bits per heavy atom. The van der Waals surface area contributed by atoms with Crippen molar-refractivity contribution in [1.29, 1.82) is 0 Å². The van der Waals surface area contributed by atoms with E-state index in [4.69, 9.17) is 4.74 Å². The van der Waals surface area contributed by atoms with Gasteiger partial charge in [0.05, 0.1) is 5.92 Å². The van der Waals surface area contributed by atoms with Crippen LogP contribution in [0.4, 0.5) is 5.69 Å². The quantitative estimate of drug-likeness (QED) is 0.808. The number of benzene rings is 1. The summed E-state index contributed by atoms with van der Waals surface area (Å²) in [5.74, 6) is -1.01. The van der Waals surface area contributed by atoms with Crippen LogP contribution in [0.3, 0.4) is 0 Å². The number of rotatable bonds is 5. The van der Waals surface area contributed by atoms with Crippen LogP contribution in [-0.2, 0) is 16.0 Å². The van der Waals surface area contributed by atoms with Crippen LogP contribution in [0.15, 0.2) is 24.3 Å². The lowest BCUT2D eigenvalue weighted by molar-refractivity contribution is -0.141. The van der Waals surface area contributed by atoms with E-state index >= 15 is 0 Å². The summed E-state index contributed by atoms with van der Waals surface area (Å²) >= 11 is 0. The summed E-state index contributed by atoms with van der Waals surface area (Å²) < 4.78 is 5.05. The maximum absolute atomic E-state index is 11.2. The van der Waals surface area contributed by atoms with Crippen LogP contribution >= 0.6 is 0 Å². The van der Waals surface area contributed by atoms with Gasteiger partial charge in [0.15, 0.2) is 0 Å². The Bertz CT molecular complexity index is 419. The Kier molecular flexibility index (Phi) is 4.20. The third-order valence-corrected chi connectivity index (χ3v) is 3.37. The number of anilines is 1. The van der Waals surface area contributed by atoms with Crippen LogP contribution in [0.2, 0.25) is 0 Å². The van der Waals surface area contributed by atoms with Crippen molar-refractivity contribution in [3.8, 4) is 0 Å². The van der Waals surface area contributed by atoms with Crippen molar-refractivity contribution in [3.63, 3.8) is 0 Å². The molecule has 98 valence electrons. The summed E-state index contributed by atoms with van der Waals surface area (Å²) in [6.45, 7) is 2.14. The molecule has 1 aromatic carbocycles. The Balaban J connectivity index is 2.14. The Morgan fingerprint density at radius 3 is 3.00 bits per heavy atom. The van der Waals surface area contributed by atoms with Crippen LogP contribution in [0.5, 0.6) is 0 Å². The number of ether oxygens (including phenoxy) is 1. The summed E-state index contributed by atoms with van der Waals surface area (Å²) in [5.41, 5.74) is 2.31. The highest BCUT2D eigenvalue weighted by Crippen LogP contribution is 2.29. The van der Waals surface area contributed by atoms with Crippen LogP contribution in [0, 0.1) is 5.92 Å². The van der Waals surface area contributed by atoms with Crippen molar-refractivity contribution in [2.45, 2.75) is 12.8 Å². The lowest BCUT2D eigenvalue weighted by Gasteiger charge is -2.34. The molecule has 1 heterocycles. The highest BCUT2D eigenvalue weighted by atomic mass is 16.5. The second kappa shape index (κ2) is 5.87. The second-order valence-corrected chi connectivity index (χ2v) is 4.66. The summed E-state index contributed by atoms with van der Waals surface area (Å²) in [5, 5.41) is 9.20. The fourth-order valence-corrected chi connectivity index (χ4v) is 2.46. The van der Waals surface area contributed by atoms with Crippen LogP contribution in [0.1, 0.15) is 12.0 Å². The van der Waals surface area contributed by atoms with Crippen molar-refractivity contribution in [3.05, 3.63) is 29.8 Å². The minimum atomic E-state index is -0.707. The molecule has 18 heavy (non-hydrogen) atoms. The molecule has 4 nitrogen and oxygen atoms in total. The van der Waals surface area contributed by atoms with Gasteiger partial charge in [-0.15, -0.1) is 0 Å². The van der Waals surface area contributed by atoms with E-state index in [1.165, 1.54) is 5.69 Å². The zero-order valence-electron chi connectivity index (χ0n) is 10.6. The van der Waals surface area contributed by atoms with Crippen LogP contribution in [-0.4, -0.2) is 37.9 Å². The topological polar surface area (TPSA) is 49.8 Å². The molecule has 0 radical (unpaired) electrons. The molecule has 2 rings (SSSR count). The standard InChI is InChI=1S/C14H19NO3/c1-18-8-4-7-15-10-12(14(16)17)9-11-5-2-3-6-13(11)15/h2-3,5-6,12H,4,7-10H2,1H3,(H,16,17)/t12-/m0/s1. The van der Waals surface area contributed by atoms with E-state index in [2.05, 4.69) is 11.0 Å². The molecule has 4 heteroatoms. The van der Waals surface area contributed by atoms with E-state index in [0.717, 1.165) is 18.5 Å². The predicted molar refractivity (Wildman–Crippen MR) is 70.0 cm³/mol. The highest BCUT2D eigenvalue weighted by molar-refractivity contribution is 5.73. The van der Waals surface area contributed by atoms with Crippen molar-refractivity contribution in [2.75, 3.05) is 31.7 Å². The maximum Gasteiger partial charge on any atom is 0.308 e. The fraction of sp³-hybridized carbons (Fsp3) is 0.500. The molecule has 0 spiro atoms. The van der Waals surface area contributed by atoms with E-state index in [-0.39, 0.29) is 5.92 Å². The molecule has 0 saturated carbocycles. The second-order valence-electron chi connectivity index (χ2n) is 4.66. The first-order valence-electron chi connectivity index (χ1n) is 6.27. The van der Waals surface area contributed by atoms with E-state index in [1.807, 2.05) is 18.2 Å². The van der Waals surface area contributed by atoms with Gasteiger partial charge in [-0.1, -0.05) is 18.2 Å². The Morgan fingerprint density at radius 2 is 2.28 bits per heavy atom. The molecule has 1 aliphatic rings. The molecule has 0 unspecified atom stereocenters. The molecular weight excluding hydrogens is 230 g/mol. The van der Waals surface area contributed by atoms with Gasteiger partial charge in [-0.25, -0.2) is 0 Å². The van der Waals surface area contributed by atoms with Gasteiger partial charge in [-0.3, -0.25) is 4.79 Å². The molecule has 0 fully saturated rings. The normalized spacial score (nSPS) is 18.5. The van der Waals surface area contributed by atoms with Crippen molar-refractivity contribution in [1.82, 2.24) is 0 Å². The van der Waals surface area contributed by atoms with Gasteiger partial charge in [0.25, 0.3) is 0 Å².